The molecule has 25 heavy (non-hydrogen) atoms. The number of nitrogens with one attached hydrogen (secondary N) is 1. The summed E-state index contributed by atoms with van der Waals surface area (Å²) in [5.74, 6) is 1.35. The maximum absolute atomic E-state index is 11.9. The minimum atomic E-state index is 0.0211. The van der Waals surface area contributed by atoms with Crippen molar-refractivity contribution >= 4 is 11.7 Å². The topological polar surface area (TPSA) is 58.6 Å². The first-order valence-corrected chi connectivity index (χ1v) is 9.20. The van der Waals surface area contributed by atoms with Gasteiger partial charge in [-0.1, -0.05) is 12.1 Å². The van der Waals surface area contributed by atoms with Gasteiger partial charge >= 0.3 is 0 Å². The average molecular weight is 346 g/mol. The van der Waals surface area contributed by atoms with Crippen LogP contribution in [0.25, 0.3) is 0 Å². The number of amides is 1. The first-order chi connectivity index (χ1) is 12.0. The number of benzene rings is 1. The van der Waals surface area contributed by atoms with E-state index in [-0.39, 0.29) is 11.7 Å². The molecule has 1 heterocycles. The largest absolute Gasteiger partial charge is 0.494 e. The summed E-state index contributed by atoms with van der Waals surface area (Å²) >= 11 is 0. The molecule has 1 amide bonds. The third-order valence-corrected chi connectivity index (χ3v) is 4.69. The lowest BCUT2D eigenvalue weighted by Crippen LogP contribution is -2.33. The number of nitrogens with zero attached hydrogens (tertiary/aromatic N) is 1. The maximum atomic E-state index is 11.9. The van der Waals surface area contributed by atoms with E-state index in [9.17, 15) is 9.59 Å². The molecule has 1 aliphatic heterocycles. The Bertz CT molecular complexity index is 586. The van der Waals surface area contributed by atoms with E-state index in [0.717, 1.165) is 26.1 Å². The summed E-state index contributed by atoms with van der Waals surface area (Å²) in [6.45, 7) is 9.41. The van der Waals surface area contributed by atoms with Gasteiger partial charge in [-0.15, -0.1) is 0 Å². The van der Waals surface area contributed by atoms with Gasteiger partial charge in [0.1, 0.15) is 5.75 Å². The molecule has 0 saturated carbocycles. The molecular weight excluding hydrogens is 316 g/mol. The Morgan fingerprint density at radius 3 is 2.84 bits per heavy atom. The normalized spacial score (nSPS) is 17.7. The molecule has 0 bridgehead atoms. The van der Waals surface area contributed by atoms with Crippen LogP contribution < -0.4 is 10.1 Å². The first kappa shape index (κ1) is 19.4. The Kier molecular flexibility index (Phi) is 7.44. The second-order valence-corrected chi connectivity index (χ2v) is 7.08. The van der Waals surface area contributed by atoms with E-state index in [1.807, 2.05) is 6.07 Å². The molecule has 5 nitrogen and oxygen atoms in total. The molecule has 0 radical (unpaired) electrons. The van der Waals surface area contributed by atoms with Crippen LogP contribution in [0.4, 0.5) is 0 Å². The number of hydrogen-bond donors (Lipinski definition) is 1. The van der Waals surface area contributed by atoms with E-state index in [4.69, 9.17) is 4.74 Å². The van der Waals surface area contributed by atoms with Crippen molar-refractivity contribution in [3.63, 3.8) is 0 Å². The van der Waals surface area contributed by atoms with E-state index in [0.29, 0.717) is 42.7 Å². The molecule has 1 aromatic rings. The minimum absolute atomic E-state index is 0.0211. The van der Waals surface area contributed by atoms with Crippen LogP contribution in [0.15, 0.2) is 24.3 Å². The Labute approximate surface area is 150 Å². The number of ketones is 1. The Hall–Kier alpha value is -1.88. The summed E-state index contributed by atoms with van der Waals surface area (Å²) in [7, 11) is 0. The number of ether oxygens (including phenoxy) is 1. The van der Waals surface area contributed by atoms with Crippen molar-refractivity contribution < 1.29 is 14.3 Å². The highest BCUT2D eigenvalue weighted by Gasteiger charge is 2.24. The maximum Gasteiger partial charge on any atom is 0.220 e. The van der Waals surface area contributed by atoms with Crippen molar-refractivity contribution in [2.45, 2.75) is 46.1 Å². The summed E-state index contributed by atoms with van der Waals surface area (Å²) in [6.07, 6.45) is 2.29. The standard InChI is InChI=1S/C20H30N2O3/c1-15(2)22-10-9-17(14-22)13-21-20(24)8-5-11-25-19-7-4-6-18(12-19)16(3)23/h4,6-7,12,15,17H,5,8-11,13-14H2,1-3H3,(H,21,24). The molecule has 0 aliphatic carbocycles. The van der Waals surface area contributed by atoms with E-state index in [1.165, 1.54) is 6.92 Å². The van der Waals surface area contributed by atoms with Crippen LogP contribution in [0.1, 0.15) is 50.4 Å². The van der Waals surface area contributed by atoms with Crippen LogP contribution >= 0.6 is 0 Å². The van der Waals surface area contributed by atoms with Gasteiger partial charge in [0, 0.05) is 31.1 Å². The van der Waals surface area contributed by atoms with Crippen LogP contribution in [-0.4, -0.2) is 48.9 Å². The minimum Gasteiger partial charge on any atom is -0.494 e. The summed E-state index contributed by atoms with van der Waals surface area (Å²) in [5.41, 5.74) is 0.641. The molecule has 2 rings (SSSR count). The fourth-order valence-electron chi connectivity index (χ4n) is 3.07. The molecule has 0 aromatic heterocycles. The fraction of sp³-hybridized carbons (Fsp3) is 0.600. The van der Waals surface area contributed by atoms with E-state index in [1.54, 1.807) is 18.2 Å². The van der Waals surface area contributed by atoms with Crippen molar-refractivity contribution in [2.24, 2.45) is 5.92 Å². The van der Waals surface area contributed by atoms with E-state index < -0.39 is 0 Å². The lowest BCUT2D eigenvalue weighted by atomic mass is 10.1. The third kappa shape index (κ3) is 6.50. The molecule has 1 fully saturated rings. The van der Waals surface area contributed by atoms with Crippen LogP contribution in [0, 0.1) is 5.92 Å². The lowest BCUT2D eigenvalue weighted by Gasteiger charge is -2.20. The molecule has 5 heteroatoms. The van der Waals surface area contributed by atoms with Gasteiger partial charge in [0.15, 0.2) is 5.78 Å². The smallest absolute Gasteiger partial charge is 0.220 e. The summed E-state index contributed by atoms with van der Waals surface area (Å²) in [6, 6.07) is 7.72. The van der Waals surface area contributed by atoms with E-state index in [2.05, 4.69) is 24.1 Å². The summed E-state index contributed by atoms with van der Waals surface area (Å²) in [4.78, 5) is 25.7. The van der Waals surface area contributed by atoms with Crippen molar-refractivity contribution in [2.75, 3.05) is 26.2 Å². The van der Waals surface area contributed by atoms with Crippen molar-refractivity contribution in [1.82, 2.24) is 10.2 Å². The molecule has 1 saturated heterocycles. The lowest BCUT2D eigenvalue weighted by molar-refractivity contribution is -0.121. The van der Waals surface area contributed by atoms with Crippen molar-refractivity contribution in [3.8, 4) is 5.75 Å². The number of carbonyl (C=O) groups excluding carboxylic acids is 2. The fourth-order valence-corrected chi connectivity index (χ4v) is 3.07. The number of hydrogen-bond acceptors (Lipinski definition) is 4. The number of rotatable bonds is 9. The predicted molar refractivity (Wildman–Crippen MR) is 99.0 cm³/mol. The summed E-state index contributed by atoms with van der Waals surface area (Å²) in [5, 5.41) is 3.04. The van der Waals surface area contributed by atoms with Gasteiger partial charge in [-0.2, -0.15) is 0 Å². The Morgan fingerprint density at radius 2 is 2.16 bits per heavy atom. The van der Waals surface area contributed by atoms with Gasteiger partial charge in [0.05, 0.1) is 6.61 Å². The quantitative estimate of drug-likeness (QED) is 0.552. The molecule has 1 aliphatic rings. The number of Topliss-reactive ketones (excluding diaryl/α,β-unsaturated/α-hetero) is 1. The van der Waals surface area contributed by atoms with Crippen LogP contribution in [0.5, 0.6) is 5.75 Å². The van der Waals surface area contributed by atoms with Gasteiger partial charge in [-0.3, -0.25) is 9.59 Å². The van der Waals surface area contributed by atoms with Crippen molar-refractivity contribution in [1.29, 1.82) is 0 Å². The zero-order valence-electron chi connectivity index (χ0n) is 15.6. The molecule has 138 valence electrons. The van der Waals surface area contributed by atoms with Crippen LogP contribution in [-0.2, 0) is 4.79 Å². The molecule has 1 unspecified atom stereocenters. The first-order valence-electron chi connectivity index (χ1n) is 9.20. The summed E-state index contributed by atoms with van der Waals surface area (Å²) < 4.78 is 5.63. The molecular formula is C20H30N2O3. The van der Waals surface area contributed by atoms with E-state index >= 15 is 0 Å². The van der Waals surface area contributed by atoms with Crippen molar-refractivity contribution in [3.05, 3.63) is 29.8 Å². The van der Waals surface area contributed by atoms with Gasteiger partial charge in [0.2, 0.25) is 5.91 Å². The zero-order chi connectivity index (χ0) is 18.2. The monoisotopic (exact) mass is 346 g/mol. The molecule has 0 spiro atoms. The van der Waals surface area contributed by atoms with Gasteiger partial charge in [0.25, 0.3) is 0 Å². The molecule has 1 aromatic carbocycles. The van der Waals surface area contributed by atoms with Crippen LogP contribution in [0.2, 0.25) is 0 Å². The second-order valence-electron chi connectivity index (χ2n) is 7.08. The van der Waals surface area contributed by atoms with Gasteiger partial charge in [-0.25, -0.2) is 0 Å². The van der Waals surface area contributed by atoms with Gasteiger partial charge < -0.3 is 15.0 Å². The zero-order valence-corrected chi connectivity index (χ0v) is 15.6. The highest BCUT2D eigenvalue weighted by Crippen LogP contribution is 2.17. The third-order valence-electron chi connectivity index (χ3n) is 4.69. The SMILES string of the molecule is CC(=O)c1cccc(OCCCC(=O)NCC2CCN(C(C)C)C2)c1. The Morgan fingerprint density at radius 1 is 1.36 bits per heavy atom. The average Bonchev–Trinajstić information content (AvgIpc) is 3.06. The number of carbonyl (C=O) groups is 2. The molecule has 1 N–H and O–H groups in total. The number of likely N-dealkylation sites (tertiary alicyclic amines) is 1. The Balaban J connectivity index is 1.60. The highest BCUT2D eigenvalue weighted by atomic mass is 16.5. The predicted octanol–water partition coefficient (Wildman–Crippen LogP) is 2.89. The second kappa shape index (κ2) is 9.56. The van der Waals surface area contributed by atoms with Crippen LogP contribution in [0.3, 0.4) is 0 Å². The molecule has 1 atom stereocenters. The van der Waals surface area contributed by atoms with Gasteiger partial charge in [-0.05, 0) is 58.2 Å². The highest BCUT2D eigenvalue weighted by molar-refractivity contribution is 5.94.